The molecule has 2 aromatic rings. The van der Waals surface area contributed by atoms with Gasteiger partial charge in [-0.25, -0.2) is 0 Å². The summed E-state index contributed by atoms with van der Waals surface area (Å²) in [5, 5.41) is 4.30. The molecule has 4 nitrogen and oxygen atoms in total. The first kappa shape index (κ1) is 14.1. The smallest absolute Gasteiger partial charge is 0.119 e. The van der Waals surface area contributed by atoms with Gasteiger partial charge in [-0.2, -0.15) is 5.10 Å². The van der Waals surface area contributed by atoms with Crippen LogP contribution in [0.2, 0.25) is 0 Å². The van der Waals surface area contributed by atoms with Crippen LogP contribution in [0, 0.1) is 5.92 Å². The summed E-state index contributed by atoms with van der Waals surface area (Å²) in [5.41, 5.74) is 0. The number of ether oxygens (including phenoxy) is 1. The first-order valence-electron chi connectivity index (χ1n) is 7.78. The number of piperidine rings is 1. The largest absolute Gasteiger partial charge is 0.492 e. The van der Waals surface area contributed by atoms with Gasteiger partial charge in [0, 0.05) is 25.5 Å². The van der Waals surface area contributed by atoms with Gasteiger partial charge in [0.25, 0.3) is 0 Å². The molecule has 0 atom stereocenters. The molecule has 0 saturated carbocycles. The van der Waals surface area contributed by atoms with Crippen molar-refractivity contribution in [3.63, 3.8) is 0 Å². The van der Waals surface area contributed by atoms with Crippen LogP contribution in [-0.2, 0) is 6.54 Å². The predicted octanol–water partition coefficient (Wildman–Crippen LogP) is 2.67. The van der Waals surface area contributed by atoms with Crippen molar-refractivity contribution in [3.05, 3.63) is 48.8 Å². The molecule has 1 aromatic carbocycles. The fourth-order valence-electron chi connectivity index (χ4n) is 2.87. The molecule has 0 spiro atoms. The van der Waals surface area contributed by atoms with E-state index in [1.54, 1.807) is 0 Å². The van der Waals surface area contributed by atoms with Crippen molar-refractivity contribution in [2.24, 2.45) is 5.92 Å². The minimum absolute atomic E-state index is 0.760. The highest BCUT2D eigenvalue weighted by molar-refractivity contribution is 5.20. The summed E-state index contributed by atoms with van der Waals surface area (Å²) in [6.45, 7) is 5.19. The van der Waals surface area contributed by atoms with E-state index in [0.717, 1.165) is 31.4 Å². The number of aromatic nitrogens is 2. The molecular weight excluding hydrogens is 262 g/mol. The number of hydrogen-bond donors (Lipinski definition) is 0. The lowest BCUT2D eigenvalue weighted by Gasteiger charge is -2.31. The molecule has 1 fully saturated rings. The second kappa shape index (κ2) is 7.27. The average Bonchev–Trinajstić information content (AvgIpc) is 3.03. The quantitative estimate of drug-likeness (QED) is 0.817. The van der Waals surface area contributed by atoms with Crippen molar-refractivity contribution >= 4 is 0 Å². The first-order chi connectivity index (χ1) is 10.4. The SMILES string of the molecule is c1ccc(OCCN2CCC(Cn3cccn3)CC2)cc1. The summed E-state index contributed by atoms with van der Waals surface area (Å²) < 4.78 is 7.82. The second-order valence-corrected chi connectivity index (χ2v) is 5.67. The van der Waals surface area contributed by atoms with Crippen molar-refractivity contribution in [3.8, 4) is 5.75 Å². The Hall–Kier alpha value is -1.81. The van der Waals surface area contributed by atoms with Gasteiger partial charge in [0.15, 0.2) is 0 Å². The molecule has 1 saturated heterocycles. The lowest BCUT2D eigenvalue weighted by Crippen LogP contribution is -2.37. The fourth-order valence-corrected chi connectivity index (χ4v) is 2.87. The van der Waals surface area contributed by atoms with E-state index in [1.807, 2.05) is 42.6 Å². The third-order valence-corrected chi connectivity index (χ3v) is 4.13. The molecule has 1 aromatic heterocycles. The van der Waals surface area contributed by atoms with E-state index in [0.29, 0.717) is 0 Å². The zero-order valence-electron chi connectivity index (χ0n) is 12.4. The number of likely N-dealkylation sites (tertiary alicyclic amines) is 1. The van der Waals surface area contributed by atoms with Crippen LogP contribution >= 0.6 is 0 Å². The van der Waals surface area contributed by atoms with Crippen LogP contribution in [0.5, 0.6) is 5.75 Å². The molecule has 1 aliphatic heterocycles. The molecule has 0 N–H and O–H groups in total. The van der Waals surface area contributed by atoms with Crippen molar-refractivity contribution in [2.45, 2.75) is 19.4 Å². The van der Waals surface area contributed by atoms with E-state index in [4.69, 9.17) is 4.74 Å². The Morgan fingerprint density at radius 1 is 1.10 bits per heavy atom. The maximum absolute atomic E-state index is 5.77. The summed E-state index contributed by atoms with van der Waals surface area (Å²) in [5.74, 6) is 1.72. The van der Waals surface area contributed by atoms with Crippen LogP contribution in [0.4, 0.5) is 0 Å². The van der Waals surface area contributed by atoms with Gasteiger partial charge < -0.3 is 4.74 Å². The minimum Gasteiger partial charge on any atom is -0.492 e. The standard InChI is InChI=1S/C17H23N3O/c1-2-5-17(6-3-1)21-14-13-19-11-7-16(8-12-19)15-20-10-4-9-18-20/h1-6,9-10,16H,7-8,11-15H2. The molecule has 2 heterocycles. The monoisotopic (exact) mass is 285 g/mol. The van der Waals surface area contributed by atoms with E-state index < -0.39 is 0 Å². The normalized spacial score (nSPS) is 17.0. The maximum atomic E-state index is 5.77. The molecular formula is C17H23N3O. The van der Waals surface area contributed by atoms with E-state index >= 15 is 0 Å². The van der Waals surface area contributed by atoms with Gasteiger partial charge in [-0.3, -0.25) is 9.58 Å². The van der Waals surface area contributed by atoms with Crippen molar-refractivity contribution in [1.82, 2.24) is 14.7 Å². The Balaban J connectivity index is 1.34. The van der Waals surface area contributed by atoms with Gasteiger partial charge in [0.05, 0.1) is 0 Å². The highest BCUT2D eigenvalue weighted by Gasteiger charge is 2.19. The first-order valence-corrected chi connectivity index (χ1v) is 7.78. The van der Waals surface area contributed by atoms with Gasteiger partial charge >= 0.3 is 0 Å². The van der Waals surface area contributed by atoms with Crippen LogP contribution in [-0.4, -0.2) is 40.9 Å². The molecule has 1 aliphatic rings. The van der Waals surface area contributed by atoms with Crippen molar-refractivity contribution in [2.75, 3.05) is 26.2 Å². The van der Waals surface area contributed by atoms with E-state index in [1.165, 1.54) is 25.9 Å². The molecule has 0 bridgehead atoms. The van der Waals surface area contributed by atoms with Crippen molar-refractivity contribution < 1.29 is 4.74 Å². The van der Waals surface area contributed by atoms with Crippen LogP contribution in [0.3, 0.4) is 0 Å². The highest BCUT2D eigenvalue weighted by atomic mass is 16.5. The summed E-state index contributed by atoms with van der Waals surface area (Å²) in [6, 6.07) is 12.0. The van der Waals surface area contributed by atoms with Crippen LogP contribution in [0.25, 0.3) is 0 Å². The third kappa shape index (κ3) is 4.33. The Morgan fingerprint density at radius 2 is 1.90 bits per heavy atom. The molecule has 112 valence electrons. The summed E-state index contributed by atoms with van der Waals surface area (Å²) in [7, 11) is 0. The van der Waals surface area contributed by atoms with Crippen LogP contribution in [0.1, 0.15) is 12.8 Å². The number of rotatable bonds is 6. The van der Waals surface area contributed by atoms with E-state index in [9.17, 15) is 0 Å². The van der Waals surface area contributed by atoms with Gasteiger partial charge in [0.2, 0.25) is 0 Å². The number of benzene rings is 1. The average molecular weight is 285 g/mol. The molecule has 21 heavy (non-hydrogen) atoms. The van der Waals surface area contributed by atoms with Gasteiger partial charge in [-0.1, -0.05) is 18.2 Å². The highest BCUT2D eigenvalue weighted by Crippen LogP contribution is 2.18. The molecule has 0 amide bonds. The maximum Gasteiger partial charge on any atom is 0.119 e. The Labute approximate surface area is 126 Å². The van der Waals surface area contributed by atoms with Gasteiger partial charge in [0.1, 0.15) is 12.4 Å². The Kier molecular flexibility index (Phi) is 4.90. The Morgan fingerprint density at radius 3 is 2.62 bits per heavy atom. The van der Waals surface area contributed by atoms with E-state index in [-0.39, 0.29) is 0 Å². The molecule has 3 rings (SSSR count). The number of hydrogen-bond acceptors (Lipinski definition) is 3. The Bertz CT molecular complexity index is 504. The summed E-state index contributed by atoms with van der Waals surface area (Å²) in [4.78, 5) is 2.50. The lowest BCUT2D eigenvalue weighted by atomic mass is 9.97. The van der Waals surface area contributed by atoms with E-state index in [2.05, 4.69) is 20.9 Å². The second-order valence-electron chi connectivity index (χ2n) is 5.67. The molecule has 0 radical (unpaired) electrons. The summed E-state index contributed by atoms with van der Waals surface area (Å²) in [6.07, 6.45) is 6.42. The molecule has 4 heteroatoms. The fraction of sp³-hybridized carbons (Fsp3) is 0.471. The third-order valence-electron chi connectivity index (χ3n) is 4.13. The zero-order chi connectivity index (χ0) is 14.3. The number of para-hydroxylation sites is 1. The van der Waals surface area contributed by atoms with Crippen LogP contribution < -0.4 is 4.74 Å². The minimum atomic E-state index is 0.760. The molecule has 0 unspecified atom stereocenters. The van der Waals surface area contributed by atoms with Crippen molar-refractivity contribution in [1.29, 1.82) is 0 Å². The zero-order valence-corrected chi connectivity index (χ0v) is 12.4. The van der Waals surface area contributed by atoms with Crippen LogP contribution in [0.15, 0.2) is 48.8 Å². The molecule has 0 aliphatic carbocycles. The predicted molar refractivity (Wildman–Crippen MR) is 83.3 cm³/mol. The topological polar surface area (TPSA) is 30.3 Å². The van der Waals surface area contributed by atoms with Gasteiger partial charge in [-0.15, -0.1) is 0 Å². The number of nitrogens with zero attached hydrogens (tertiary/aromatic N) is 3. The lowest BCUT2D eigenvalue weighted by molar-refractivity contribution is 0.146. The van der Waals surface area contributed by atoms with Gasteiger partial charge in [-0.05, 0) is 50.0 Å². The summed E-state index contributed by atoms with van der Waals surface area (Å²) >= 11 is 0.